The highest BCUT2D eigenvalue weighted by Crippen LogP contribution is 2.46. The fraction of sp³-hybridized carbons (Fsp3) is 0.591. The number of urea groups is 1. The number of nitrogens with one attached hydrogen (secondary N) is 1. The Balaban J connectivity index is 2.10. The molecule has 1 fully saturated rings. The second-order valence-electron chi connectivity index (χ2n) is 7.88. The van der Waals surface area contributed by atoms with Gasteiger partial charge >= 0.3 is 6.03 Å². The van der Waals surface area contributed by atoms with Crippen LogP contribution in [-0.4, -0.2) is 69.4 Å². The summed E-state index contributed by atoms with van der Waals surface area (Å²) in [5, 5.41) is 3.23. The van der Waals surface area contributed by atoms with Crippen LogP contribution in [0.2, 0.25) is 0 Å². The van der Waals surface area contributed by atoms with Gasteiger partial charge < -0.3 is 24.4 Å². The molecular formula is C22H33N3O4. The minimum Gasteiger partial charge on any atom is -0.497 e. The molecule has 7 nitrogen and oxygen atoms in total. The lowest BCUT2D eigenvalue weighted by molar-refractivity contribution is 0.118. The zero-order valence-corrected chi connectivity index (χ0v) is 18.4. The maximum absolute atomic E-state index is 13.5. The number of hydrogen-bond acceptors (Lipinski definition) is 5. The topological polar surface area (TPSA) is 63.3 Å². The van der Waals surface area contributed by atoms with Crippen LogP contribution in [0.1, 0.15) is 37.3 Å². The van der Waals surface area contributed by atoms with E-state index in [9.17, 15) is 4.79 Å². The summed E-state index contributed by atoms with van der Waals surface area (Å²) in [5.74, 6) is 1.64. The fourth-order valence-corrected chi connectivity index (χ4v) is 4.55. The van der Waals surface area contributed by atoms with Crippen LogP contribution in [0, 0.1) is 0 Å². The monoisotopic (exact) mass is 403 g/mol. The van der Waals surface area contributed by atoms with E-state index in [0.717, 1.165) is 41.3 Å². The van der Waals surface area contributed by atoms with Gasteiger partial charge in [-0.1, -0.05) is 13.0 Å². The summed E-state index contributed by atoms with van der Waals surface area (Å²) in [6.45, 7) is 6.70. The molecule has 2 heterocycles. The standard InChI is InChI=1S/C22H33N3O4/c1-15-11-19-22(2,7-8-23-3)25(9-10-27-4)21(26)24(19)14-16-12-17(28-5)13-18(29-6)20(15)16/h11-13,15,23H,7-10,14H2,1-6H3/t15-,22?/m0/s1. The third-order valence-electron chi connectivity index (χ3n) is 6.13. The largest absolute Gasteiger partial charge is 0.497 e. The fourth-order valence-electron chi connectivity index (χ4n) is 4.55. The summed E-state index contributed by atoms with van der Waals surface area (Å²) >= 11 is 0. The molecular weight excluding hydrogens is 370 g/mol. The first kappa shape index (κ1) is 21.5. The Kier molecular flexibility index (Phi) is 6.39. The van der Waals surface area contributed by atoms with E-state index < -0.39 is 5.54 Å². The van der Waals surface area contributed by atoms with E-state index >= 15 is 0 Å². The van der Waals surface area contributed by atoms with Crippen LogP contribution in [0.15, 0.2) is 23.9 Å². The second kappa shape index (κ2) is 8.63. The van der Waals surface area contributed by atoms with Gasteiger partial charge in [-0.3, -0.25) is 4.90 Å². The second-order valence-corrected chi connectivity index (χ2v) is 7.88. The van der Waals surface area contributed by atoms with E-state index in [2.05, 4.69) is 25.2 Å². The molecule has 0 spiro atoms. The normalized spacial score (nSPS) is 23.4. The molecule has 2 amide bonds. The van der Waals surface area contributed by atoms with Crippen molar-refractivity contribution in [2.24, 2.45) is 0 Å². The number of rotatable bonds is 8. The van der Waals surface area contributed by atoms with Gasteiger partial charge in [-0.05, 0) is 38.6 Å². The molecule has 0 saturated carbocycles. The molecule has 2 atom stereocenters. The lowest BCUT2D eigenvalue weighted by Gasteiger charge is -2.35. The predicted molar refractivity (Wildman–Crippen MR) is 113 cm³/mol. The first-order valence-corrected chi connectivity index (χ1v) is 10.1. The number of methoxy groups -OCH3 is 3. The Morgan fingerprint density at radius 1 is 1.24 bits per heavy atom. The molecule has 1 N–H and O–H groups in total. The van der Waals surface area contributed by atoms with Gasteiger partial charge in [0.1, 0.15) is 11.5 Å². The number of benzene rings is 1. The van der Waals surface area contributed by atoms with Crippen LogP contribution in [0.5, 0.6) is 11.5 Å². The van der Waals surface area contributed by atoms with E-state index in [0.29, 0.717) is 19.7 Å². The van der Waals surface area contributed by atoms with Crippen molar-refractivity contribution < 1.29 is 19.0 Å². The highest BCUT2D eigenvalue weighted by molar-refractivity contribution is 5.83. The molecule has 160 valence electrons. The number of ether oxygens (including phenoxy) is 3. The van der Waals surface area contributed by atoms with E-state index in [1.165, 1.54) is 0 Å². The molecule has 0 radical (unpaired) electrons. The van der Waals surface area contributed by atoms with Crippen LogP contribution in [0.25, 0.3) is 0 Å². The number of allylic oxidation sites excluding steroid dienone is 1. The van der Waals surface area contributed by atoms with Crippen molar-refractivity contribution in [1.29, 1.82) is 0 Å². The smallest absolute Gasteiger partial charge is 0.325 e. The van der Waals surface area contributed by atoms with Crippen molar-refractivity contribution in [2.75, 3.05) is 48.1 Å². The maximum atomic E-state index is 13.5. The first-order valence-electron chi connectivity index (χ1n) is 10.1. The Hall–Kier alpha value is -2.25. The summed E-state index contributed by atoms with van der Waals surface area (Å²) in [5.41, 5.74) is 2.82. The van der Waals surface area contributed by atoms with Crippen LogP contribution < -0.4 is 14.8 Å². The van der Waals surface area contributed by atoms with Gasteiger partial charge in [0.2, 0.25) is 0 Å². The van der Waals surface area contributed by atoms with E-state index in [1.807, 2.05) is 29.0 Å². The number of fused-ring (bicyclic) bond motifs is 2. The van der Waals surface area contributed by atoms with E-state index in [4.69, 9.17) is 14.2 Å². The minimum absolute atomic E-state index is 0.0220. The molecule has 0 aliphatic carbocycles. The number of nitrogens with zero attached hydrogens (tertiary/aromatic N) is 2. The van der Waals surface area contributed by atoms with Gasteiger partial charge in [0.15, 0.2) is 0 Å². The zero-order valence-electron chi connectivity index (χ0n) is 18.4. The molecule has 1 aromatic carbocycles. The molecule has 0 aromatic heterocycles. The zero-order chi connectivity index (χ0) is 21.2. The van der Waals surface area contributed by atoms with Gasteiger partial charge in [-0.2, -0.15) is 0 Å². The van der Waals surface area contributed by atoms with Gasteiger partial charge in [0.05, 0.1) is 32.9 Å². The Bertz CT molecular complexity index is 795. The maximum Gasteiger partial charge on any atom is 0.325 e. The minimum atomic E-state index is -0.397. The van der Waals surface area contributed by atoms with Crippen molar-refractivity contribution in [3.63, 3.8) is 0 Å². The van der Waals surface area contributed by atoms with Crippen LogP contribution in [0.3, 0.4) is 0 Å². The predicted octanol–water partition coefficient (Wildman–Crippen LogP) is 2.96. The average molecular weight is 404 g/mol. The highest BCUT2D eigenvalue weighted by atomic mass is 16.5. The lowest BCUT2D eigenvalue weighted by atomic mass is 9.89. The molecule has 2 aliphatic rings. The van der Waals surface area contributed by atoms with Crippen molar-refractivity contribution in [1.82, 2.24) is 15.1 Å². The number of carbonyl (C=O) groups excluding carboxylic acids is 1. The summed E-state index contributed by atoms with van der Waals surface area (Å²) in [7, 11) is 6.93. The number of carbonyl (C=O) groups is 1. The van der Waals surface area contributed by atoms with Crippen molar-refractivity contribution in [2.45, 2.75) is 38.3 Å². The molecule has 1 saturated heterocycles. The van der Waals surface area contributed by atoms with Gasteiger partial charge in [-0.15, -0.1) is 0 Å². The van der Waals surface area contributed by atoms with E-state index in [1.54, 1.807) is 21.3 Å². The van der Waals surface area contributed by atoms with Crippen molar-refractivity contribution in [3.8, 4) is 11.5 Å². The molecule has 1 aromatic rings. The average Bonchev–Trinajstić information content (AvgIpc) is 2.83. The molecule has 0 bridgehead atoms. The summed E-state index contributed by atoms with van der Waals surface area (Å²) < 4.78 is 16.4. The van der Waals surface area contributed by atoms with Gasteiger partial charge in [0.25, 0.3) is 0 Å². The SMILES string of the molecule is CNCCC1(C)C2=C[C@H](C)c3c(cc(OC)cc3OC)CN2C(=O)N1CCOC. The Morgan fingerprint density at radius 3 is 2.62 bits per heavy atom. The quantitative estimate of drug-likeness (QED) is 0.723. The summed E-state index contributed by atoms with van der Waals surface area (Å²) in [6, 6.07) is 3.95. The lowest BCUT2D eigenvalue weighted by Crippen LogP contribution is -2.47. The Labute approximate surface area is 173 Å². The Morgan fingerprint density at radius 2 is 2.00 bits per heavy atom. The number of hydrogen-bond donors (Lipinski definition) is 1. The van der Waals surface area contributed by atoms with Crippen LogP contribution in [0.4, 0.5) is 4.79 Å². The molecule has 7 heteroatoms. The van der Waals surface area contributed by atoms with Crippen LogP contribution in [-0.2, 0) is 11.3 Å². The van der Waals surface area contributed by atoms with Gasteiger partial charge in [-0.25, -0.2) is 4.79 Å². The van der Waals surface area contributed by atoms with E-state index in [-0.39, 0.29) is 11.9 Å². The van der Waals surface area contributed by atoms with Crippen LogP contribution >= 0.6 is 0 Å². The van der Waals surface area contributed by atoms with Crippen molar-refractivity contribution in [3.05, 3.63) is 35.0 Å². The number of amides is 2. The summed E-state index contributed by atoms with van der Waals surface area (Å²) in [4.78, 5) is 17.3. The van der Waals surface area contributed by atoms with Gasteiger partial charge in [0, 0.05) is 36.9 Å². The highest BCUT2D eigenvalue weighted by Gasteiger charge is 2.51. The molecule has 29 heavy (non-hydrogen) atoms. The molecule has 1 unspecified atom stereocenters. The molecule has 2 aliphatic heterocycles. The third kappa shape index (κ3) is 3.69. The third-order valence-corrected chi connectivity index (χ3v) is 6.13. The summed E-state index contributed by atoms with van der Waals surface area (Å²) in [6.07, 6.45) is 3.05. The first-order chi connectivity index (χ1) is 13.9. The van der Waals surface area contributed by atoms with Crippen molar-refractivity contribution >= 4 is 6.03 Å². The molecule has 3 rings (SSSR count).